The minimum atomic E-state index is -0.262. The molecule has 0 saturated heterocycles. The van der Waals surface area contributed by atoms with Crippen molar-refractivity contribution in [2.24, 2.45) is 5.41 Å². The van der Waals surface area contributed by atoms with Gasteiger partial charge < -0.3 is 5.32 Å². The zero-order valence-corrected chi connectivity index (χ0v) is 8.90. The Morgan fingerprint density at radius 1 is 1.42 bits per heavy atom. The quantitative estimate of drug-likeness (QED) is 0.693. The van der Waals surface area contributed by atoms with Crippen LogP contribution in [0.3, 0.4) is 0 Å². The number of amides is 1. The zero-order chi connectivity index (χ0) is 9.78. The highest BCUT2D eigenvalue weighted by atomic mass is 16.2. The summed E-state index contributed by atoms with van der Waals surface area (Å²) < 4.78 is 0. The van der Waals surface area contributed by atoms with Crippen LogP contribution in [0.4, 0.5) is 0 Å². The molecule has 0 fully saturated rings. The Labute approximate surface area is 75.7 Å². The van der Waals surface area contributed by atoms with Gasteiger partial charge in [0.1, 0.15) is 0 Å². The largest absolute Gasteiger partial charge is 0.353 e. The third-order valence-electron chi connectivity index (χ3n) is 1.78. The van der Waals surface area contributed by atoms with E-state index in [-0.39, 0.29) is 11.3 Å². The normalized spacial score (nSPS) is 14.1. The van der Waals surface area contributed by atoms with Crippen LogP contribution in [0.1, 0.15) is 47.5 Å². The van der Waals surface area contributed by atoms with Gasteiger partial charge in [0.05, 0.1) is 0 Å². The molecule has 0 bridgehead atoms. The molecule has 0 aromatic carbocycles. The van der Waals surface area contributed by atoms with Crippen molar-refractivity contribution >= 4 is 5.91 Å². The summed E-state index contributed by atoms with van der Waals surface area (Å²) in [6, 6.07) is 0.307. The van der Waals surface area contributed by atoms with Gasteiger partial charge in [-0.1, -0.05) is 34.1 Å². The molecule has 0 saturated carbocycles. The van der Waals surface area contributed by atoms with Crippen LogP contribution in [-0.4, -0.2) is 11.9 Å². The Hall–Kier alpha value is -0.530. The van der Waals surface area contributed by atoms with E-state index < -0.39 is 0 Å². The number of rotatable bonds is 3. The third-order valence-corrected chi connectivity index (χ3v) is 1.78. The van der Waals surface area contributed by atoms with E-state index in [4.69, 9.17) is 0 Å². The molecule has 1 N–H and O–H groups in total. The monoisotopic (exact) mass is 171 g/mol. The number of hydrogen-bond acceptors (Lipinski definition) is 1. The summed E-state index contributed by atoms with van der Waals surface area (Å²) in [4.78, 5) is 11.4. The van der Waals surface area contributed by atoms with Gasteiger partial charge in [0.15, 0.2) is 0 Å². The lowest BCUT2D eigenvalue weighted by Crippen LogP contribution is -2.40. The molecule has 1 amide bonds. The van der Waals surface area contributed by atoms with Crippen LogP contribution in [0.5, 0.6) is 0 Å². The first-order valence-corrected chi connectivity index (χ1v) is 4.69. The smallest absolute Gasteiger partial charge is 0.225 e. The summed E-state index contributed by atoms with van der Waals surface area (Å²) in [6.07, 6.45) is 2.17. The lowest BCUT2D eigenvalue weighted by Gasteiger charge is -2.21. The van der Waals surface area contributed by atoms with Crippen molar-refractivity contribution in [3.05, 3.63) is 0 Å². The SMILES string of the molecule is CCC[C@H](C)NC(=O)C(C)(C)C. The topological polar surface area (TPSA) is 29.1 Å². The van der Waals surface area contributed by atoms with Crippen molar-refractivity contribution in [2.75, 3.05) is 0 Å². The summed E-state index contributed by atoms with van der Waals surface area (Å²) in [5, 5.41) is 2.98. The van der Waals surface area contributed by atoms with Crippen LogP contribution in [0.15, 0.2) is 0 Å². The maximum Gasteiger partial charge on any atom is 0.225 e. The summed E-state index contributed by atoms with van der Waals surface area (Å²) in [6.45, 7) is 9.97. The summed E-state index contributed by atoms with van der Waals surface area (Å²) in [7, 11) is 0. The second-order valence-corrected chi connectivity index (χ2v) is 4.41. The van der Waals surface area contributed by atoms with Gasteiger partial charge in [-0.3, -0.25) is 4.79 Å². The van der Waals surface area contributed by atoms with Crippen molar-refractivity contribution in [1.82, 2.24) is 5.32 Å². The van der Waals surface area contributed by atoms with E-state index in [0.29, 0.717) is 6.04 Å². The maximum atomic E-state index is 11.4. The molecule has 0 aliphatic heterocycles. The summed E-state index contributed by atoms with van der Waals surface area (Å²) in [5.74, 6) is 0.142. The number of carbonyl (C=O) groups is 1. The van der Waals surface area contributed by atoms with Crippen molar-refractivity contribution in [3.8, 4) is 0 Å². The molecular weight excluding hydrogens is 150 g/mol. The van der Waals surface area contributed by atoms with Gasteiger partial charge in [-0.25, -0.2) is 0 Å². The van der Waals surface area contributed by atoms with Gasteiger partial charge in [-0.2, -0.15) is 0 Å². The molecule has 0 aromatic rings. The van der Waals surface area contributed by atoms with Crippen LogP contribution in [-0.2, 0) is 4.79 Å². The Kier molecular flexibility index (Phi) is 4.29. The van der Waals surface area contributed by atoms with Crippen LogP contribution >= 0.6 is 0 Å². The van der Waals surface area contributed by atoms with Gasteiger partial charge in [0, 0.05) is 11.5 Å². The Morgan fingerprint density at radius 2 is 1.92 bits per heavy atom. The molecule has 0 aromatic heterocycles. The van der Waals surface area contributed by atoms with Crippen molar-refractivity contribution in [2.45, 2.75) is 53.5 Å². The molecule has 72 valence electrons. The zero-order valence-electron chi connectivity index (χ0n) is 8.90. The molecule has 2 nitrogen and oxygen atoms in total. The lowest BCUT2D eigenvalue weighted by molar-refractivity contribution is -0.129. The van der Waals surface area contributed by atoms with Gasteiger partial charge in [-0.05, 0) is 13.3 Å². The van der Waals surface area contributed by atoms with E-state index in [0.717, 1.165) is 12.8 Å². The number of nitrogens with one attached hydrogen (secondary N) is 1. The molecule has 0 radical (unpaired) electrons. The van der Waals surface area contributed by atoms with Gasteiger partial charge >= 0.3 is 0 Å². The van der Waals surface area contributed by atoms with Gasteiger partial charge in [-0.15, -0.1) is 0 Å². The van der Waals surface area contributed by atoms with Gasteiger partial charge in [0.2, 0.25) is 5.91 Å². The lowest BCUT2D eigenvalue weighted by atomic mass is 9.95. The second kappa shape index (κ2) is 4.48. The first kappa shape index (κ1) is 11.5. The standard InChI is InChI=1S/C10H21NO/c1-6-7-8(2)11-9(12)10(3,4)5/h8H,6-7H2,1-5H3,(H,11,12)/t8-/m0/s1. The van der Waals surface area contributed by atoms with E-state index >= 15 is 0 Å². The fraction of sp³-hybridized carbons (Fsp3) is 0.900. The first-order valence-electron chi connectivity index (χ1n) is 4.69. The van der Waals surface area contributed by atoms with Crippen LogP contribution < -0.4 is 5.32 Å². The van der Waals surface area contributed by atoms with E-state index in [1.54, 1.807) is 0 Å². The predicted octanol–water partition coefficient (Wildman–Crippen LogP) is 2.34. The molecule has 1 atom stereocenters. The highest BCUT2D eigenvalue weighted by Gasteiger charge is 2.21. The Bertz CT molecular complexity index is 146. The number of hydrogen-bond donors (Lipinski definition) is 1. The second-order valence-electron chi connectivity index (χ2n) is 4.41. The average molecular weight is 171 g/mol. The molecule has 2 heteroatoms. The van der Waals surface area contributed by atoms with Crippen LogP contribution in [0.25, 0.3) is 0 Å². The molecule has 0 aliphatic rings. The molecule has 12 heavy (non-hydrogen) atoms. The maximum absolute atomic E-state index is 11.4. The number of carbonyl (C=O) groups excluding carboxylic acids is 1. The van der Waals surface area contributed by atoms with Crippen LogP contribution in [0, 0.1) is 5.41 Å². The van der Waals surface area contributed by atoms with E-state index in [1.807, 2.05) is 27.7 Å². The highest BCUT2D eigenvalue weighted by molar-refractivity contribution is 5.81. The van der Waals surface area contributed by atoms with Crippen molar-refractivity contribution in [1.29, 1.82) is 0 Å². The van der Waals surface area contributed by atoms with E-state index in [1.165, 1.54) is 0 Å². The van der Waals surface area contributed by atoms with Gasteiger partial charge in [0.25, 0.3) is 0 Å². The first-order chi connectivity index (χ1) is 5.38. The van der Waals surface area contributed by atoms with E-state index in [9.17, 15) is 4.79 Å². The van der Waals surface area contributed by atoms with Crippen molar-refractivity contribution in [3.63, 3.8) is 0 Å². The average Bonchev–Trinajstić information content (AvgIpc) is 1.85. The van der Waals surface area contributed by atoms with E-state index in [2.05, 4.69) is 12.2 Å². The minimum absolute atomic E-state index is 0.142. The Balaban J connectivity index is 3.85. The summed E-state index contributed by atoms with van der Waals surface area (Å²) >= 11 is 0. The van der Waals surface area contributed by atoms with Crippen LogP contribution in [0.2, 0.25) is 0 Å². The molecular formula is C10H21NO. The van der Waals surface area contributed by atoms with Crippen molar-refractivity contribution < 1.29 is 4.79 Å². The molecule has 0 rings (SSSR count). The molecule has 0 spiro atoms. The fourth-order valence-electron chi connectivity index (χ4n) is 0.945. The predicted molar refractivity (Wildman–Crippen MR) is 52.0 cm³/mol. The third kappa shape index (κ3) is 4.37. The molecule has 0 unspecified atom stereocenters. The molecule has 0 heterocycles. The Morgan fingerprint density at radius 3 is 2.25 bits per heavy atom. The minimum Gasteiger partial charge on any atom is -0.353 e. The summed E-state index contributed by atoms with van der Waals surface area (Å²) in [5.41, 5.74) is -0.262. The highest BCUT2D eigenvalue weighted by Crippen LogP contribution is 2.13. The molecule has 0 aliphatic carbocycles. The fourth-order valence-corrected chi connectivity index (χ4v) is 0.945.